The summed E-state index contributed by atoms with van der Waals surface area (Å²) in [7, 11) is 4.11. The average molecular weight is 305 g/mol. The molecular weight excluding hydrogens is 291 g/mol. The molecule has 0 bridgehead atoms. The van der Waals surface area contributed by atoms with Gasteiger partial charge in [-0.3, -0.25) is 4.90 Å². The summed E-state index contributed by atoms with van der Waals surface area (Å²) in [5.41, 5.74) is 0. The zero-order chi connectivity index (χ0) is 12.9. The smallest absolute Gasteiger partial charge is 0.339 e. The average Bonchev–Trinajstić information content (AvgIpc) is 2.11. The maximum absolute atomic E-state index is 9.76. The molecule has 4 nitrogen and oxygen atoms in total. The van der Waals surface area contributed by atoms with E-state index in [4.69, 9.17) is 40.5 Å². The molecule has 8 heteroatoms. The summed E-state index contributed by atoms with van der Waals surface area (Å²) in [6.45, 7) is 2.16. The predicted octanol–water partition coefficient (Wildman–Crippen LogP) is 2.06. The first-order valence-electron chi connectivity index (χ1n) is 4.32. The lowest BCUT2D eigenvalue weighted by atomic mass is 10.5. The minimum atomic E-state index is -1.64. The monoisotopic (exact) mass is 304 g/mol. The van der Waals surface area contributed by atoms with Gasteiger partial charge in [0.2, 0.25) is 4.33 Å². The molecule has 0 amide bonds. The van der Waals surface area contributed by atoms with Crippen molar-refractivity contribution in [1.82, 2.24) is 9.80 Å². The van der Waals surface area contributed by atoms with E-state index >= 15 is 0 Å². The number of thioether (sulfide) groups is 1. The van der Waals surface area contributed by atoms with E-state index in [1.165, 1.54) is 6.92 Å². The molecule has 0 aromatic heterocycles. The Morgan fingerprint density at radius 1 is 1.56 bits per heavy atom. The van der Waals surface area contributed by atoms with E-state index in [1.807, 2.05) is 7.05 Å². The largest absolute Gasteiger partial charge is 0.479 e. The second-order valence-electron chi connectivity index (χ2n) is 3.43. The van der Waals surface area contributed by atoms with Crippen LogP contribution < -0.4 is 0 Å². The van der Waals surface area contributed by atoms with Crippen molar-refractivity contribution in [2.75, 3.05) is 26.6 Å². The number of rotatable bonds is 1. The van der Waals surface area contributed by atoms with Crippen LogP contribution in [-0.2, 0) is 4.79 Å². The topological polar surface area (TPSA) is 43.8 Å². The third kappa shape index (κ3) is 6.75. The van der Waals surface area contributed by atoms with Gasteiger partial charge in [0.25, 0.3) is 0 Å². The van der Waals surface area contributed by atoms with Gasteiger partial charge >= 0.3 is 5.97 Å². The Hall–Kier alpha value is 0.250. The van der Waals surface area contributed by atoms with Crippen LogP contribution in [-0.4, -0.2) is 56.2 Å². The van der Waals surface area contributed by atoms with Gasteiger partial charge in [0, 0.05) is 7.05 Å². The Balaban J connectivity index is 0.000000293. The fourth-order valence-electron chi connectivity index (χ4n) is 0.736. The third-order valence-corrected chi connectivity index (χ3v) is 3.67. The van der Waals surface area contributed by atoms with Gasteiger partial charge in [0.1, 0.15) is 4.32 Å². The summed E-state index contributed by atoms with van der Waals surface area (Å²) in [6.07, 6.45) is 0. The number of nitrogens with zero attached hydrogens (tertiary/aromatic N) is 2. The molecule has 0 atom stereocenters. The minimum Gasteiger partial charge on any atom is -0.479 e. The lowest BCUT2D eigenvalue weighted by Crippen LogP contribution is -2.40. The van der Waals surface area contributed by atoms with Gasteiger partial charge in [-0.25, -0.2) is 4.79 Å². The molecule has 0 aliphatic carbocycles. The molecule has 1 N–H and O–H groups in total. The van der Waals surface area contributed by atoms with Crippen molar-refractivity contribution < 1.29 is 9.90 Å². The van der Waals surface area contributed by atoms with E-state index in [1.54, 1.807) is 11.8 Å². The fourth-order valence-corrected chi connectivity index (χ4v) is 1.64. The van der Waals surface area contributed by atoms with Crippen molar-refractivity contribution in [3.05, 3.63) is 0 Å². The lowest BCUT2D eigenvalue weighted by molar-refractivity contribution is -0.137. The van der Waals surface area contributed by atoms with Crippen molar-refractivity contribution in [3.8, 4) is 0 Å². The maximum atomic E-state index is 9.76. The molecule has 94 valence electrons. The van der Waals surface area contributed by atoms with Crippen LogP contribution >= 0.6 is 47.2 Å². The third-order valence-electron chi connectivity index (χ3n) is 1.55. The Labute approximate surface area is 115 Å². The SMILES string of the molecule is CC(Cl)(Cl)C(=O)O.CN1CSC(=S)N(C)C1. The highest BCUT2D eigenvalue weighted by molar-refractivity contribution is 8.22. The van der Waals surface area contributed by atoms with Gasteiger partial charge < -0.3 is 10.0 Å². The predicted molar refractivity (Wildman–Crippen MR) is 73.2 cm³/mol. The molecule has 0 unspecified atom stereocenters. The summed E-state index contributed by atoms with van der Waals surface area (Å²) in [4.78, 5) is 14.1. The number of alkyl halides is 2. The fraction of sp³-hybridized carbons (Fsp3) is 0.750. The van der Waals surface area contributed by atoms with E-state index in [9.17, 15) is 4.79 Å². The van der Waals surface area contributed by atoms with Gasteiger partial charge in [-0.2, -0.15) is 0 Å². The van der Waals surface area contributed by atoms with Crippen LogP contribution in [0.3, 0.4) is 0 Å². The molecule has 0 spiro atoms. The Morgan fingerprint density at radius 2 is 2.00 bits per heavy atom. The zero-order valence-corrected chi connectivity index (χ0v) is 12.4. The molecule has 1 aliphatic rings. The van der Waals surface area contributed by atoms with Crippen LogP contribution in [0.1, 0.15) is 6.92 Å². The molecule has 1 aliphatic heterocycles. The van der Waals surface area contributed by atoms with Gasteiger partial charge in [-0.15, -0.1) is 0 Å². The Morgan fingerprint density at radius 3 is 2.25 bits per heavy atom. The number of aliphatic carboxylic acids is 1. The van der Waals surface area contributed by atoms with E-state index in [0.717, 1.165) is 16.9 Å². The Bertz CT molecular complexity index is 271. The molecule has 0 radical (unpaired) electrons. The van der Waals surface area contributed by atoms with Crippen LogP contribution in [0.4, 0.5) is 0 Å². The first-order chi connectivity index (χ1) is 7.14. The molecule has 1 saturated heterocycles. The van der Waals surface area contributed by atoms with Gasteiger partial charge in [0.15, 0.2) is 0 Å². The number of carboxylic acids is 1. The van der Waals surface area contributed by atoms with Crippen molar-refractivity contribution in [2.45, 2.75) is 11.3 Å². The minimum absolute atomic E-state index is 0.964. The van der Waals surface area contributed by atoms with Crippen molar-refractivity contribution in [2.24, 2.45) is 0 Å². The van der Waals surface area contributed by atoms with E-state index in [-0.39, 0.29) is 0 Å². The quantitative estimate of drug-likeness (QED) is 0.591. The van der Waals surface area contributed by atoms with E-state index < -0.39 is 10.3 Å². The molecular formula is C8H14Cl2N2O2S2. The number of carboxylic acid groups (broad SMARTS) is 1. The van der Waals surface area contributed by atoms with Crippen LogP contribution in [0, 0.1) is 0 Å². The highest BCUT2D eigenvalue weighted by atomic mass is 35.5. The standard InChI is InChI=1S/C5H10N2S2.C3H4Cl2O2/c1-6-3-7(2)5(8)9-4-6;1-3(4,5)2(6)7/h3-4H2,1-2H3;1H3,(H,6,7). The first-order valence-corrected chi connectivity index (χ1v) is 6.47. The van der Waals surface area contributed by atoms with Crippen LogP contribution in [0.15, 0.2) is 0 Å². The molecule has 0 aromatic carbocycles. The van der Waals surface area contributed by atoms with E-state index in [2.05, 4.69) is 16.8 Å². The van der Waals surface area contributed by atoms with Crippen molar-refractivity contribution in [3.63, 3.8) is 0 Å². The van der Waals surface area contributed by atoms with Crippen molar-refractivity contribution in [1.29, 1.82) is 0 Å². The Kier molecular flexibility index (Phi) is 6.96. The van der Waals surface area contributed by atoms with Gasteiger partial charge in [-0.1, -0.05) is 47.2 Å². The molecule has 16 heavy (non-hydrogen) atoms. The van der Waals surface area contributed by atoms with Crippen LogP contribution in [0.5, 0.6) is 0 Å². The summed E-state index contributed by atoms with van der Waals surface area (Å²) >= 11 is 16.8. The number of hydrogen-bond acceptors (Lipinski definition) is 4. The first kappa shape index (κ1) is 16.2. The van der Waals surface area contributed by atoms with E-state index in [0.29, 0.717) is 0 Å². The second-order valence-corrected chi connectivity index (χ2v) is 6.71. The highest BCUT2D eigenvalue weighted by Crippen LogP contribution is 2.18. The summed E-state index contributed by atoms with van der Waals surface area (Å²) < 4.78 is -0.631. The highest BCUT2D eigenvalue weighted by Gasteiger charge is 2.25. The van der Waals surface area contributed by atoms with Crippen LogP contribution in [0.25, 0.3) is 0 Å². The summed E-state index contributed by atoms with van der Waals surface area (Å²) in [5, 5.41) is 7.99. The lowest BCUT2D eigenvalue weighted by Gasteiger charge is -2.31. The zero-order valence-electron chi connectivity index (χ0n) is 9.24. The van der Waals surface area contributed by atoms with Crippen molar-refractivity contribution >= 4 is 57.5 Å². The second kappa shape index (κ2) is 6.86. The molecule has 0 saturated carbocycles. The molecule has 0 aromatic rings. The maximum Gasteiger partial charge on any atom is 0.339 e. The van der Waals surface area contributed by atoms with Gasteiger partial charge in [0.05, 0.1) is 12.5 Å². The summed E-state index contributed by atoms with van der Waals surface area (Å²) in [5.74, 6) is -0.195. The molecule has 1 fully saturated rings. The number of carbonyl (C=O) groups is 1. The normalized spacial score (nSPS) is 17.8. The number of hydrogen-bond donors (Lipinski definition) is 1. The number of halogens is 2. The van der Waals surface area contributed by atoms with Crippen LogP contribution in [0.2, 0.25) is 0 Å². The van der Waals surface area contributed by atoms with Gasteiger partial charge in [-0.05, 0) is 14.0 Å². The number of thiocarbonyl (C=S) groups is 1. The summed E-state index contributed by atoms with van der Waals surface area (Å²) in [6, 6.07) is 0. The molecule has 1 heterocycles. The molecule has 1 rings (SSSR count).